The highest BCUT2D eigenvalue weighted by Crippen LogP contribution is 2.56. The molecule has 2 N–H and O–H groups in total. The summed E-state index contributed by atoms with van der Waals surface area (Å²) in [6.45, 7) is 5.69. The third-order valence-electron chi connectivity index (χ3n) is 9.19. The average molecular weight is 512 g/mol. The number of hydrogen-bond donors (Lipinski definition) is 2. The molecule has 1 aliphatic carbocycles. The molecule has 2 saturated heterocycles. The van der Waals surface area contributed by atoms with Gasteiger partial charge >= 0.3 is 0 Å². The van der Waals surface area contributed by atoms with E-state index >= 15 is 0 Å². The van der Waals surface area contributed by atoms with E-state index < -0.39 is 0 Å². The van der Waals surface area contributed by atoms with E-state index in [2.05, 4.69) is 64.4 Å². The van der Waals surface area contributed by atoms with Crippen LogP contribution in [0.2, 0.25) is 0 Å². The Kier molecular flexibility index (Phi) is 6.41. The third-order valence-corrected chi connectivity index (χ3v) is 9.19. The van der Waals surface area contributed by atoms with Crippen LogP contribution in [0.4, 0.5) is 0 Å². The molecule has 2 aliphatic heterocycles. The van der Waals surface area contributed by atoms with Gasteiger partial charge in [-0.25, -0.2) is 0 Å². The molecule has 1 spiro atoms. The predicted molar refractivity (Wildman–Crippen MR) is 148 cm³/mol. The number of aromatic nitrogens is 1. The van der Waals surface area contributed by atoms with Crippen LogP contribution in [-0.2, 0) is 6.54 Å². The second-order valence-electron chi connectivity index (χ2n) is 11.8. The number of rotatable bonds is 6. The van der Waals surface area contributed by atoms with Crippen LogP contribution < -0.4 is 10.1 Å². The number of aryl methyl sites for hydroxylation is 1. The minimum atomic E-state index is 0.00159. The van der Waals surface area contributed by atoms with E-state index in [-0.39, 0.29) is 29.3 Å². The van der Waals surface area contributed by atoms with Crippen LogP contribution in [0.5, 0.6) is 5.75 Å². The summed E-state index contributed by atoms with van der Waals surface area (Å²) in [5, 5.41) is 13.8. The topological polar surface area (TPSA) is 84.4 Å². The van der Waals surface area contributed by atoms with Crippen molar-refractivity contribution in [2.75, 3.05) is 33.8 Å². The number of piperidine rings is 1. The van der Waals surface area contributed by atoms with Crippen molar-refractivity contribution in [3.8, 4) is 11.8 Å². The van der Waals surface area contributed by atoms with Gasteiger partial charge in [-0.1, -0.05) is 12.1 Å². The van der Waals surface area contributed by atoms with Crippen LogP contribution in [0.3, 0.4) is 0 Å². The van der Waals surface area contributed by atoms with Crippen molar-refractivity contribution in [1.82, 2.24) is 20.1 Å². The monoisotopic (exact) mass is 511 g/mol. The molecule has 3 aliphatic rings. The first kappa shape index (κ1) is 25.0. The SMILES string of the molecule is COc1cc(C)c2[nH]ccc2c1CN1CCC2(CC(C#N)C2)C[C@H]1c1ccc(C(=O)NC2CN(C)C2)cc1. The number of carbonyl (C=O) groups is 1. The number of H-pyrrole nitrogens is 1. The summed E-state index contributed by atoms with van der Waals surface area (Å²) in [6.07, 6.45) is 6.16. The number of hydrogen-bond acceptors (Lipinski definition) is 5. The van der Waals surface area contributed by atoms with Crippen molar-refractivity contribution in [1.29, 1.82) is 5.26 Å². The van der Waals surface area contributed by atoms with Crippen LogP contribution >= 0.6 is 0 Å². The van der Waals surface area contributed by atoms with Gasteiger partial charge in [0.05, 0.1) is 19.2 Å². The molecule has 1 aromatic heterocycles. The van der Waals surface area contributed by atoms with Crippen molar-refractivity contribution >= 4 is 16.8 Å². The molecule has 7 heteroatoms. The molecule has 38 heavy (non-hydrogen) atoms. The Bertz CT molecular complexity index is 1380. The van der Waals surface area contributed by atoms with E-state index in [1.54, 1.807) is 7.11 Å². The molecular weight excluding hydrogens is 474 g/mol. The predicted octanol–water partition coefficient (Wildman–Crippen LogP) is 4.79. The number of nitriles is 1. The van der Waals surface area contributed by atoms with Crippen molar-refractivity contribution in [2.24, 2.45) is 11.3 Å². The molecule has 0 radical (unpaired) electrons. The highest BCUT2D eigenvalue weighted by Gasteiger charge is 2.49. The molecule has 1 atom stereocenters. The quantitative estimate of drug-likeness (QED) is 0.497. The Morgan fingerprint density at radius 2 is 1.97 bits per heavy atom. The van der Waals surface area contributed by atoms with Gasteiger partial charge in [0, 0.05) is 59.8 Å². The summed E-state index contributed by atoms with van der Waals surface area (Å²) >= 11 is 0. The van der Waals surface area contributed by atoms with Gasteiger partial charge in [-0.2, -0.15) is 5.26 Å². The lowest BCUT2D eigenvalue weighted by Crippen LogP contribution is -2.57. The number of likely N-dealkylation sites (N-methyl/N-ethyl adjacent to an activating group) is 1. The lowest BCUT2D eigenvalue weighted by atomic mass is 9.56. The van der Waals surface area contributed by atoms with E-state index in [1.807, 2.05) is 18.3 Å². The first-order valence-corrected chi connectivity index (χ1v) is 13.7. The fourth-order valence-corrected chi connectivity index (χ4v) is 7.04. The highest BCUT2D eigenvalue weighted by molar-refractivity contribution is 5.94. The first-order chi connectivity index (χ1) is 18.4. The van der Waals surface area contributed by atoms with Gasteiger partial charge in [0.15, 0.2) is 0 Å². The molecule has 198 valence electrons. The Morgan fingerprint density at radius 3 is 2.66 bits per heavy atom. The van der Waals surface area contributed by atoms with Crippen molar-refractivity contribution in [3.63, 3.8) is 0 Å². The van der Waals surface area contributed by atoms with Gasteiger partial charge in [0.2, 0.25) is 0 Å². The summed E-state index contributed by atoms with van der Waals surface area (Å²) in [6, 6.07) is 15.4. The minimum Gasteiger partial charge on any atom is -0.496 e. The fourth-order valence-electron chi connectivity index (χ4n) is 7.04. The Morgan fingerprint density at radius 1 is 1.21 bits per heavy atom. The van der Waals surface area contributed by atoms with Crippen LogP contribution in [0.1, 0.15) is 58.8 Å². The third kappa shape index (κ3) is 4.46. The van der Waals surface area contributed by atoms with Crippen LogP contribution in [0.25, 0.3) is 10.9 Å². The molecule has 6 rings (SSSR count). The number of carbonyl (C=O) groups excluding carboxylic acids is 1. The first-order valence-electron chi connectivity index (χ1n) is 13.7. The van der Waals surface area contributed by atoms with Gasteiger partial charge in [0.25, 0.3) is 5.91 Å². The van der Waals surface area contributed by atoms with Gasteiger partial charge in [-0.3, -0.25) is 9.69 Å². The molecule has 0 unspecified atom stereocenters. The number of nitrogens with one attached hydrogen (secondary N) is 2. The Hall–Kier alpha value is -3.34. The van der Waals surface area contributed by atoms with Gasteiger partial charge in [-0.05, 0) is 87.0 Å². The average Bonchev–Trinajstić information content (AvgIpc) is 3.39. The maximum Gasteiger partial charge on any atom is 0.251 e. The molecule has 7 nitrogen and oxygen atoms in total. The number of methoxy groups -OCH3 is 1. The molecule has 3 aromatic rings. The lowest BCUT2D eigenvalue weighted by Gasteiger charge is -2.53. The lowest BCUT2D eigenvalue weighted by molar-refractivity contribution is -0.0298. The smallest absolute Gasteiger partial charge is 0.251 e. The van der Waals surface area contributed by atoms with E-state index in [0.717, 1.165) is 63.1 Å². The maximum absolute atomic E-state index is 12.8. The van der Waals surface area contributed by atoms with Crippen LogP contribution in [-0.4, -0.2) is 60.5 Å². The number of benzene rings is 2. The van der Waals surface area contributed by atoms with Gasteiger partial charge < -0.3 is 19.9 Å². The zero-order valence-electron chi connectivity index (χ0n) is 22.6. The minimum absolute atomic E-state index is 0.00159. The van der Waals surface area contributed by atoms with Crippen molar-refractivity contribution in [3.05, 3.63) is 64.8 Å². The molecule has 1 saturated carbocycles. The zero-order valence-corrected chi connectivity index (χ0v) is 22.6. The van der Waals surface area contributed by atoms with E-state index in [4.69, 9.17) is 4.74 Å². The van der Waals surface area contributed by atoms with E-state index in [0.29, 0.717) is 5.56 Å². The standard InChI is InChI=1S/C31H37N5O2/c1-20-12-28(38-3)26(25-8-10-33-29(20)25)19-36-11-9-31(13-21(14-31)16-32)15-27(36)22-4-6-23(7-5-22)30(37)34-24-17-35(2)18-24/h4-8,10,12,21,24,27,33H,9,11,13-15,17-19H2,1-3H3,(H,34,37)/t21?,27-,31?/m0/s1. The molecule has 0 bridgehead atoms. The Balaban J connectivity index is 1.27. The van der Waals surface area contributed by atoms with Gasteiger partial charge in [-0.15, -0.1) is 0 Å². The molecule has 3 heterocycles. The summed E-state index contributed by atoms with van der Waals surface area (Å²) in [7, 11) is 3.82. The second-order valence-corrected chi connectivity index (χ2v) is 11.8. The number of amides is 1. The molecule has 3 fully saturated rings. The largest absolute Gasteiger partial charge is 0.496 e. The summed E-state index contributed by atoms with van der Waals surface area (Å²) in [4.78, 5) is 21.0. The Labute approximate surface area is 224 Å². The number of fused-ring (bicyclic) bond motifs is 1. The number of likely N-dealkylation sites (tertiary alicyclic amines) is 2. The zero-order chi connectivity index (χ0) is 26.4. The van der Waals surface area contributed by atoms with Crippen molar-refractivity contribution < 1.29 is 9.53 Å². The summed E-state index contributed by atoms with van der Waals surface area (Å²) < 4.78 is 5.86. The van der Waals surface area contributed by atoms with E-state index in [9.17, 15) is 10.1 Å². The second kappa shape index (κ2) is 9.76. The summed E-state index contributed by atoms with van der Waals surface area (Å²) in [5.74, 6) is 1.12. The number of aromatic amines is 1. The summed E-state index contributed by atoms with van der Waals surface area (Å²) in [5.41, 5.74) is 5.74. The molecular formula is C31H37N5O2. The normalized spacial score (nSPS) is 26.1. The maximum atomic E-state index is 12.8. The van der Waals surface area contributed by atoms with Crippen LogP contribution in [0.15, 0.2) is 42.6 Å². The molecule has 2 aromatic carbocycles. The van der Waals surface area contributed by atoms with Crippen LogP contribution in [0, 0.1) is 29.6 Å². The molecule has 1 amide bonds. The van der Waals surface area contributed by atoms with Crippen molar-refractivity contribution in [2.45, 2.75) is 51.2 Å². The number of ether oxygens (including phenoxy) is 1. The van der Waals surface area contributed by atoms with E-state index in [1.165, 1.54) is 22.1 Å². The highest BCUT2D eigenvalue weighted by atomic mass is 16.5. The number of nitrogens with zero attached hydrogens (tertiary/aromatic N) is 3. The fraction of sp³-hybridized carbons (Fsp3) is 0.484. The van der Waals surface area contributed by atoms with Gasteiger partial charge in [0.1, 0.15) is 5.75 Å².